The first-order valence-corrected chi connectivity index (χ1v) is 5.87. The van der Waals surface area contributed by atoms with Gasteiger partial charge >= 0.3 is 6.09 Å². The van der Waals surface area contributed by atoms with E-state index in [1.165, 1.54) is 11.3 Å². The maximum absolute atomic E-state index is 11.8. The molecule has 1 aliphatic heterocycles. The molecule has 4 nitrogen and oxygen atoms in total. The van der Waals surface area contributed by atoms with Crippen LogP contribution in [0.2, 0.25) is 0 Å². The van der Waals surface area contributed by atoms with E-state index in [1.807, 2.05) is 11.4 Å². The number of amides is 2. The van der Waals surface area contributed by atoms with Crippen LogP contribution in [0, 0.1) is 0 Å². The number of hydrogen-bond acceptors (Lipinski definition) is 4. The third-order valence-corrected chi connectivity index (χ3v) is 3.07. The summed E-state index contributed by atoms with van der Waals surface area (Å²) in [6.07, 6.45) is -0.569. The Morgan fingerprint density at radius 2 is 2.19 bits per heavy atom. The van der Waals surface area contributed by atoms with E-state index >= 15 is 0 Å². The SMILES string of the molecule is CC(C)(C)OC(=O)N1Cc2ccsc2C1=O. The average Bonchev–Trinajstić information content (AvgIpc) is 2.66. The summed E-state index contributed by atoms with van der Waals surface area (Å²) in [4.78, 5) is 25.3. The van der Waals surface area contributed by atoms with Crippen LogP contribution in [-0.2, 0) is 11.3 Å². The molecule has 0 N–H and O–H groups in total. The second-order valence-electron chi connectivity index (χ2n) is 4.65. The van der Waals surface area contributed by atoms with Crippen LogP contribution in [0.4, 0.5) is 4.79 Å². The van der Waals surface area contributed by atoms with Gasteiger partial charge in [-0.1, -0.05) is 0 Å². The van der Waals surface area contributed by atoms with Crippen molar-refractivity contribution in [3.05, 3.63) is 21.9 Å². The van der Waals surface area contributed by atoms with Gasteiger partial charge in [0.25, 0.3) is 5.91 Å². The second-order valence-corrected chi connectivity index (χ2v) is 5.56. The van der Waals surface area contributed by atoms with E-state index in [0.717, 1.165) is 10.5 Å². The van der Waals surface area contributed by atoms with Crippen LogP contribution < -0.4 is 0 Å². The summed E-state index contributed by atoms with van der Waals surface area (Å²) in [5.41, 5.74) is 0.328. The molecule has 86 valence electrons. The molecule has 0 aromatic carbocycles. The van der Waals surface area contributed by atoms with Crippen molar-refractivity contribution in [1.29, 1.82) is 0 Å². The summed E-state index contributed by atoms with van der Waals surface area (Å²) >= 11 is 1.36. The van der Waals surface area contributed by atoms with E-state index in [-0.39, 0.29) is 5.91 Å². The van der Waals surface area contributed by atoms with Gasteiger partial charge < -0.3 is 4.74 Å². The molecule has 0 radical (unpaired) electrons. The summed E-state index contributed by atoms with van der Waals surface area (Å²) in [6.45, 7) is 5.66. The van der Waals surface area contributed by atoms with E-state index in [2.05, 4.69) is 0 Å². The summed E-state index contributed by atoms with van der Waals surface area (Å²) < 4.78 is 5.16. The number of fused-ring (bicyclic) bond motifs is 1. The largest absolute Gasteiger partial charge is 0.443 e. The number of thiophene rings is 1. The van der Waals surface area contributed by atoms with Gasteiger partial charge in [-0.15, -0.1) is 11.3 Å². The number of ether oxygens (including phenoxy) is 1. The van der Waals surface area contributed by atoms with Gasteiger partial charge in [0, 0.05) is 0 Å². The minimum atomic E-state index is -0.576. The van der Waals surface area contributed by atoms with Gasteiger partial charge in [-0.05, 0) is 37.8 Å². The molecule has 0 saturated carbocycles. The standard InChI is InChI=1S/C11H13NO3S/c1-11(2,3)15-10(14)12-6-7-4-5-16-8(7)9(12)13/h4-5H,6H2,1-3H3. The third kappa shape index (κ3) is 1.95. The van der Waals surface area contributed by atoms with Crippen molar-refractivity contribution in [3.8, 4) is 0 Å². The van der Waals surface area contributed by atoms with Gasteiger partial charge in [0.2, 0.25) is 0 Å². The number of imide groups is 1. The van der Waals surface area contributed by atoms with Gasteiger partial charge in [0.05, 0.1) is 11.4 Å². The Hall–Kier alpha value is -1.36. The first kappa shape index (κ1) is 11.1. The molecule has 5 heteroatoms. The lowest BCUT2D eigenvalue weighted by molar-refractivity contribution is 0.0249. The molecule has 16 heavy (non-hydrogen) atoms. The molecular weight excluding hydrogens is 226 g/mol. The predicted molar refractivity (Wildman–Crippen MR) is 60.4 cm³/mol. The Labute approximate surface area is 97.8 Å². The van der Waals surface area contributed by atoms with Gasteiger partial charge in [-0.25, -0.2) is 9.69 Å². The van der Waals surface area contributed by atoms with Crippen molar-refractivity contribution in [2.75, 3.05) is 0 Å². The van der Waals surface area contributed by atoms with Crippen molar-refractivity contribution in [3.63, 3.8) is 0 Å². The molecule has 0 bridgehead atoms. The Morgan fingerprint density at radius 3 is 2.75 bits per heavy atom. The lowest BCUT2D eigenvalue weighted by Gasteiger charge is -2.23. The molecule has 0 aliphatic carbocycles. The molecule has 0 unspecified atom stereocenters. The van der Waals surface area contributed by atoms with E-state index in [0.29, 0.717) is 11.4 Å². The van der Waals surface area contributed by atoms with Crippen molar-refractivity contribution < 1.29 is 14.3 Å². The fourth-order valence-electron chi connectivity index (χ4n) is 1.48. The van der Waals surface area contributed by atoms with Gasteiger partial charge in [0.15, 0.2) is 0 Å². The summed E-state index contributed by atoms with van der Waals surface area (Å²) in [7, 11) is 0. The molecule has 1 aliphatic rings. The molecule has 0 saturated heterocycles. The molecule has 2 heterocycles. The lowest BCUT2D eigenvalue weighted by Crippen LogP contribution is -2.36. The highest BCUT2D eigenvalue weighted by molar-refractivity contribution is 7.12. The van der Waals surface area contributed by atoms with E-state index in [1.54, 1.807) is 20.8 Å². The first-order valence-electron chi connectivity index (χ1n) is 5.00. The maximum atomic E-state index is 11.8. The molecule has 0 fully saturated rings. The van der Waals surface area contributed by atoms with Crippen LogP contribution in [0.1, 0.15) is 36.0 Å². The molecular formula is C11H13NO3S. The van der Waals surface area contributed by atoms with Crippen LogP contribution in [0.15, 0.2) is 11.4 Å². The van der Waals surface area contributed by atoms with E-state index in [4.69, 9.17) is 4.74 Å². The molecule has 2 amide bonds. The molecule has 0 atom stereocenters. The van der Waals surface area contributed by atoms with Crippen LogP contribution in [0.5, 0.6) is 0 Å². The van der Waals surface area contributed by atoms with Crippen molar-refractivity contribution in [2.24, 2.45) is 0 Å². The monoisotopic (exact) mass is 239 g/mol. The second kappa shape index (κ2) is 3.59. The normalized spacial score (nSPS) is 15.2. The highest BCUT2D eigenvalue weighted by Gasteiger charge is 2.35. The highest BCUT2D eigenvalue weighted by atomic mass is 32.1. The fraction of sp³-hybridized carbons (Fsp3) is 0.455. The van der Waals surface area contributed by atoms with Crippen LogP contribution >= 0.6 is 11.3 Å². The van der Waals surface area contributed by atoms with Gasteiger partial charge in [-0.2, -0.15) is 0 Å². The fourth-order valence-corrected chi connectivity index (χ4v) is 2.34. The molecule has 1 aromatic heterocycles. The average molecular weight is 239 g/mol. The molecule has 0 spiro atoms. The quantitative estimate of drug-likeness (QED) is 0.699. The number of nitrogens with zero attached hydrogens (tertiary/aromatic N) is 1. The number of hydrogen-bond donors (Lipinski definition) is 0. The summed E-state index contributed by atoms with van der Waals surface area (Å²) in [5.74, 6) is -0.251. The summed E-state index contributed by atoms with van der Waals surface area (Å²) in [5, 5.41) is 1.86. The minimum absolute atomic E-state index is 0.251. The first-order chi connectivity index (χ1) is 7.38. The lowest BCUT2D eigenvalue weighted by atomic mass is 10.2. The topological polar surface area (TPSA) is 46.6 Å². The Kier molecular flexibility index (Phi) is 2.50. The Morgan fingerprint density at radius 1 is 1.50 bits per heavy atom. The number of rotatable bonds is 0. The number of carbonyl (C=O) groups excluding carboxylic acids is 2. The predicted octanol–water partition coefficient (Wildman–Crippen LogP) is 2.64. The van der Waals surface area contributed by atoms with Gasteiger partial charge in [0.1, 0.15) is 5.60 Å². The minimum Gasteiger partial charge on any atom is -0.443 e. The van der Waals surface area contributed by atoms with Gasteiger partial charge in [-0.3, -0.25) is 4.79 Å². The third-order valence-electron chi connectivity index (χ3n) is 2.13. The Balaban J connectivity index is 2.12. The molecule has 1 aromatic rings. The zero-order valence-electron chi connectivity index (χ0n) is 9.44. The van der Waals surface area contributed by atoms with Crippen molar-refractivity contribution in [1.82, 2.24) is 4.90 Å². The van der Waals surface area contributed by atoms with E-state index < -0.39 is 11.7 Å². The van der Waals surface area contributed by atoms with Crippen LogP contribution in [0.25, 0.3) is 0 Å². The number of carbonyl (C=O) groups is 2. The molecule has 2 rings (SSSR count). The smallest absolute Gasteiger partial charge is 0.417 e. The Bertz CT molecular complexity index is 444. The zero-order chi connectivity index (χ0) is 11.9. The van der Waals surface area contributed by atoms with Crippen molar-refractivity contribution in [2.45, 2.75) is 32.9 Å². The summed E-state index contributed by atoms with van der Waals surface area (Å²) in [6, 6.07) is 1.86. The van der Waals surface area contributed by atoms with E-state index in [9.17, 15) is 9.59 Å². The maximum Gasteiger partial charge on any atom is 0.417 e. The van der Waals surface area contributed by atoms with Crippen LogP contribution in [-0.4, -0.2) is 22.5 Å². The highest BCUT2D eigenvalue weighted by Crippen LogP contribution is 2.28. The van der Waals surface area contributed by atoms with Crippen LogP contribution in [0.3, 0.4) is 0 Å². The zero-order valence-corrected chi connectivity index (χ0v) is 10.3. The van der Waals surface area contributed by atoms with Crippen molar-refractivity contribution >= 4 is 23.3 Å².